The zero-order valence-electron chi connectivity index (χ0n) is 6.73. The summed E-state index contributed by atoms with van der Waals surface area (Å²) in [6, 6.07) is 0. The average molecular weight is 128 g/mol. The molecule has 0 unspecified atom stereocenters. The van der Waals surface area contributed by atoms with E-state index in [1.165, 1.54) is 5.70 Å². The highest BCUT2D eigenvalue weighted by Gasteiger charge is 1.86. The van der Waals surface area contributed by atoms with E-state index in [1.807, 2.05) is 20.3 Å². The van der Waals surface area contributed by atoms with E-state index < -0.39 is 0 Å². The van der Waals surface area contributed by atoms with Gasteiger partial charge in [-0.2, -0.15) is 0 Å². The Balaban J connectivity index is 3.55. The minimum atomic E-state index is 0.991. The van der Waals surface area contributed by atoms with E-state index in [-0.39, 0.29) is 0 Å². The van der Waals surface area contributed by atoms with Gasteiger partial charge in [0.2, 0.25) is 0 Å². The molecule has 0 atom stereocenters. The van der Waals surface area contributed by atoms with E-state index in [2.05, 4.69) is 24.1 Å². The lowest BCUT2D eigenvalue weighted by molar-refractivity contribution is 0.508. The topological polar surface area (TPSA) is 15.3 Å². The molecule has 0 amide bonds. The van der Waals surface area contributed by atoms with E-state index >= 15 is 0 Å². The van der Waals surface area contributed by atoms with E-state index in [4.69, 9.17) is 0 Å². The van der Waals surface area contributed by atoms with Gasteiger partial charge in [-0.1, -0.05) is 0 Å². The van der Waals surface area contributed by atoms with Crippen LogP contribution in [0.3, 0.4) is 0 Å². The molecule has 0 bridgehead atoms. The zero-order chi connectivity index (χ0) is 7.28. The minimum Gasteiger partial charge on any atom is -0.390 e. The van der Waals surface area contributed by atoms with Crippen LogP contribution in [0.25, 0.3) is 0 Å². The van der Waals surface area contributed by atoms with Crippen LogP contribution >= 0.6 is 0 Å². The fraction of sp³-hybridized carbons (Fsp3) is 0.714. The molecule has 0 rings (SSSR count). The molecule has 54 valence electrons. The first-order valence-electron chi connectivity index (χ1n) is 3.26. The standard InChI is InChI=1S/C7H16N2/c1-5-8-6-7(2)9(3)4/h6,8H,5H2,1-4H3/b7-6+. The van der Waals surface area contributed by atoms with Crippen LogP contribution < -0.4 is 5.32 Å². The highest BCUT2D eigenvalue weighted by molar-refractivity contribution is 4.92. The lowest BCUT2D eigenvalue weighted by Gasteiger charge is -2.12. The molecule has 0 aromatic carbocycles. The van der Waals surface area contributed by atoms with Crippen molar-refractivity contribution in [3.8, 4) is 0 Å². The maximum Gasteiger partial charge on any atom is 0.0255 e. The number of rotatable bonds is 3. The van der Waals surface area contributed by atoms with Crippen molar-refractivity contribution in [3.05, 3.63) is 11.9 Å². The molecule has 0 aromatic heterocycles. The van der Waals surface area contributed by atoms with Crippen molar-refractivity contribution >= 4 is 0 Å². The Morgan fingerprint density at radius 2 is 2.11 bits per heavy atom. The first-order valence-corrected chi connectivity index (χ1v) is 3.26. The van der Waals surface area contributed by atoms with E-state index in [1.54, 1.807) is 0 Å². The van der Waals surface area contributed by atoms with E-state index in [0.29, 0.717) is 0 Å². The van der Waals surface area contributed by atoms with Crippen molar-refractivity contribution in [1.82, 2.24) is 10.2 Å². The Bertz CT molecular complexity index is 95.1. The van der Waals surface area contributed by atoms with Gasteiger partial charge < -0.3 is 10.2 Å². The first kappa shape index (κ1) is 8.34. The normalized spacial score (nSPS) is 11.3. The van der Waals surface area contributed by atoms with Gasteiger partial charge in [0.05, 0.1) is 0 Å². The second-order valence-electron chi connectivity index (χ2n) is 2.24. The van der Waals surface area contributed by atoms with Crippen molar-refractivity contribution in [2.45, 2.75) is 13.8 Å². The summed E-state index contributed by atoms with van der Waals surface area (Å²) in [7, 11) is 4.06. The second-order valence-corrected chi connectivity index (χ2v) is 2.24. The molecule has 2 heteroatoms. The molecule has 0 aliphatic carbocycles. The number of nitrogens with zero attached hydrogens (tertiary/aromatic N) is 1. The summed E-state index contributed by atoms with van der Waals surface area (Å²) in [5.41, 5.74) is 1.25. The third-order valence-corrected chi connectivity index (χ3v) is 1.22. The van der Waals surface area contributed by atoms with Crippen LogP contribution in [0.15, 0.2) is 11.9 Å². The summed E-state index contributed by atoms with van der Waals surface area (Å²) in [4.78, 5) is 2.07. The molecule has 0 spiro atoms. The quantitative estimate of drug-likeness (QED) is 0.610. The maximum absolute atomic E-state index is 3.13. The van der Waals surface area contributed by atoms with Crippen LogP contribution in [-0.2, 0) is 0 Å². The molecule has 0 aliphatic heterocycles. The van der Waals surface area contributed by atoms with Gasteiger partial charge in [0.25, 0.3) is 0 Å². The molecule has 1 N–H and O–H groups in total. The minimum absolute atomic E-state index is 0.991. The largest absolute Gasteiger partial charge is 0.390 e. The maximum atomic E-state index is 3.13. The van der Waals surface area contributed by atoms with Gasteiger partial charge >= 0.3 is 0 Å². The molecule has 0 aromatic rings. The van der Waals surface area contributed by atoms with E-state index in [9.17, 15) is 0 Å². The van der Waals surface area contributed by atoms with Crippen LogP contribution in [-0.4, -0.2) is 25.5 Å². The molecule has 2 nitrogen and oxygen atoms in total. The predicted octanol–water partition coefficient (Wildman–Crippen LogP) is 1.02. The summed E-state index contributed by atoms with van der Waals surface area (Å²) >= 11 is 0. The highest BCUT2D eigenvalue weighted by atomic mass is 15.1. The summed E-state index contributed by atoms with van der Waals surface area (Å²) < 4.78 is 0. The van der Waals surface area contributed by atoms with Gasteiger partial charge in [-0.15, -0.1) is 0 Å². The van der Waals surface area contributed by atoms with Gasteiger partial charge in [-0.05, 0) is 13.8 Å². The molecule has 9 heavy (non-hydrogen) atoms. The van der Waals surface area contributed by atoms with Crippen LogP contribution in [0.5, 0.6) is 0 Å². The molecule has 0 saturated carbocycles. The Kier molecular flexibility index (Phi) is 3.93. The van der Waals surface area contributed by atoms with Crippen LogP contribution in [0.4, 0.5) is 0 Å². The van der Waals surface area contributed by atoms with Crippen molar-refractivity contribution in [2.24, 2.45) is 0 Å². The van der Waals surface area contributed by atoms with Crippen LogP contribution in [0, 0.1) is 0 Å². The summed E-state index contributed by atoms with van der Waals surface area (Å²) in [6.45, 7) is 5.15. The molecule has 0 radical (unpaired) electrons. The third kappa shape index (κ3) is 3.88. The van der Waals surface area contributed by atoms with Crippen molar-refractivity contribution in [1.29, 1.82) is 0 Å². The highest BCUT2D eigenvalue weighted by Crippen LogP contribution is 1.91. The Morgan fingerprint density at radius 1 is 1.56 bits per heavy atom. The fourth-order valence-corrected chi connectivity index (χ4v) is 0.379. The van der Waals surface area contributed by atoms with Crippen molar-refractivity contribution < 1.29 is 0 Å². The lowest BCUT2D eigenvalue weighted by atomic mass is 10.5. The molecular formula is C7H16N2. The van der Waals surface area contributed by atoms with Crippen LogP contribution in [0.1, 0.15) is 13.8 Å². The molecule has 0 aliphatic rings. The monoisotopic (exact) mass is 128 g/mol. The Hall–Kier alpha value is -0.660. The van der Waals surface area contributed by atoms with Crippen molar-refractivity contribution in [3.63, 3.8) is 0 Å². The number of allylic oxidation sites excluding steroid dienone is 1. The van der Waals surface area contributed by atoms with Gasteiger partial charge in [0, 0.05) is 32.5 Å². The lowest BCUT2D eigenvalue weighted by Crippen LogP contribution is -2.12. The third-order valence-electron chi connectivity index (χ3n) is 1.22. The molecule has 0 fully saturated rings. The first-order chi connectivity index (χ1) is 4.18. The van der Waals surface area contributed by atoms with Crippen LogP contribution in [0.2, 0.25) is 0 Å². The zero-order valence-corrected chi connectivity index (χ0v) is 6.73. The summed E-state index contributed by atoms with van der Waals surface area (Å²) in [5.74, 6) is 0. The number of hydrogen-bond acceptors (Lipinski definition) is 2. The fourth-order valence-electron chi connectivity index (χ4n) is 0.379. The molecule has 0 heterocycles. The Morgan fingerprint density at radius 3 is 2.44 bits per heavy atom. The Labute approximate surface area is 57.5 Å². The van der Waals surface area contributed by atoms with E-state index in [0.717, 1.165) is 6.54 Å². The summed E-state index contributed by atoms with van der Waals surface area (Å²) in [6.07, 6.45) is 2.01. The molecular weight excluding hydrogens is 112 g/mol. The van der Waals surface area contributed by atoms with Gasteiger partial charge in [-0.25, -0.2) is 0 Å². The predicted molar refractivity (Wildman–Crippen MR) is 41.1 cm³/mol. The SMILES string of the molecule is CCN/C=C(\C)N(C)C. The van der Waals surface area contributed by atoms with Gasteiger partial charge in [0.15, 0.2) is 0 Å². The number of hydrogen-bond donors (Lipinski definition) is 1. The molecule has 0 saturated heterocycles. The van der Waals surface area contributed by atoms with Gasteiger partial charge in [-0.3, -0.25) is 0 Å². The summed E-state index contributed by atoms with van der Waals surface area (Å²) in [5, 5.41) is 3.13. The average Bonchev–Trinajstić information content (AvgIpc) is 1.82. The van der Waals surface area contributed by atoms with Gasteiger partial charge in [0.1, 0.15) is 0 Å². The number of nitrogens with one attached hydrogen (secondary N) is 1. The smallest absolute Gasteiger partial charge is 0.0255 e. The second kappa shape index (κ2) is 4.24. The van der Waals surface area contributed by atoms with Crippen molar-refractivity contribution in [2.75, 3.05) is 20.6 Å².